The number of aromatic nitrogens is 2. The fourth-order valence-electron chi connectivity index (χ4n) is 2.73. The lowest BCUT2D eigenvalue weighted by molar-refractivity contribution is -0.123. The third kappa shape index (κ3) is 5.00. The number of hydrogen-bond acceptors (Lipinski definition) is 4. The molecule has 0 aliphatic rings. The van der Waals surface area contributed by atoms with Gasteiger partial charge < -0.3 is 10.1 Å². The summed E-state index contributed by atoms with van der Waals surface area (Å²) in [5.74, 6) is -1.83. The van der Waals surface area contributed by atoms with Gasteiger partial charge in [0.2, 0.25) is 0 Å². The molecule has 150 valence electrons. The van der Waals surface area contributed by atoms with Gasteiger partial charge >= 0.3 is 5.97 Å². The van der Waals surface area contributed by atoms with E-state index < -0.39 is 23.8 Å². The van der Waals surface area contributed by atoms with E-state index >= 15 is 0 Å². The molecule has 0 saturated heterocycles. The Kier molecular flexibility index (Phi) is 6.29. The Balaban J connectivity index is 1.69. The van der Waals surface area contributed by atoms with Gasteiger partial charge in [-0.15, -0.1) is 0 Å². The van der Waals surface area contributed by atoms with Crippen LogP contribution in [0, 0.1) is 12.7 Å². The van der Waals surface area contributed by atoms with Gasteiger partial charge in [-0.2, -0.15) is 5.10 Å². The molecule has 2 aromatic carbocycles. The highest BCUT2D eigenvalue weighted by Crippen LogP contribution is 2.22. The molecule has 3 rings (SSSR count). The number of hydrogen-bond donors (Lipinski definition) is 1. The maximum Gasteiger partial charge on any atom is 0.343 e. The first-order chi connectivity index (χ1) is 13.8. The normalized spacial score (nSPS) is 11.7. The van der Waals surface area contributed by atoms with Crippen LogP contribution in [-0.2, 0) is 16.1 Å². The SMILES string of the molecule is Cc1nn(Cc2ccccc2)c(Cl)c1C(=O)O[C@@H](C)C(=O)Nc1cccc(F)c1. The van der Waals surface area contributed by atoms with E-state index in [1.54, 1.807) is 6.92 Å². The number of carbonyl (C=O) groups is 2. The highest BCUT2D eigenvalue weighted by Gasteiger charge is 2.26. The Morgan fingerprint density at radius 3 is 2.62 bits per heavy atom. The maximum absolute atomic E-state index is 13.2. The molecular weight excluding hydrogens is 397 g/mol. The summed E-state index contributed by atoms with van der Waals surface area (Å²) in [6.07, 6.45) is -1.11. The van der Waals surface area contributed by atoms with Gasteiger partial charge in [0.25, 0.3) is 5.91 Å². The summed E-state index contributed by atoms with van der Waals surface area (Å²) in [6.45, 7) is 3.45. The summed E-state index contributed by atoms with van der Waals surface area (Å²) in [6, 6.07) is 15.0. The van der Waals surface area contributed by atoms with E-state index in [1.165, 1.54) is 35.9 Å². The highest BCUT2D eigenvalue weighted by molar-refractivity contribution is 6.32. The molecule has 1 aromatic heterocycles. The van der Waals surface area contributed by atoms with Gasteiger partial charge in [0.15, 0.2) is 6.10 Å². The second kappa shape index (κ2) is 8.87. The molecule has 6 nitrogen and oxygen atoms in total. The average molecular weight is 416 g/mol. The second-order valence-electron chi connectivity index (χ2n) is 6.44. The topological polar surface area (TPSA) is 73.2 Å². The molecule has 0 spiro atoms. The molecule has 1 heterocycles. The minimum absolute atomic E-state index is 0.105. The van der Waals surface area contributed by atoms with Crippen LogP contribution in [0.4, 0.5) is 10.1 Å². The molecule has 0 aliphatic heterocycles. The number of carbonyl (C=O) groups excluding carboxylic acids is 2. The molecule has 0 unspecified atom stereocenters. The van der Waals surface area contributed by atoms with E-state index in [0.29, 0.717) is 12.2 Å². The zero-order chi connectivity index (χ0) is 21.0. The van der Waals surface area contributed by atoms with E-state index in [0.717, 1.165) is 5.56 Å². The maximum atomic E-state index is 13.2. The minimum atomic E-state index is -1.11. The number of nitrogens with one attached hydrogen (secondary N) is 1. The molecule has 29 heavy (non-hydrogen) atoms. The van der Waals surface area contributed by atoms with Crippen LogP contribution < -0.4 is 5.32 Å². The second-order valence-corrected chi connectivity index (χ2v) is 6.80. The van der Waals surface area contributed by atoms with Crippen molar-refractivity contribution in [2.45, 2.75) is 26.5 Å². The number of halogens is 2. The largest absolute Gasteiger partial charge is 0.449 e. The zero-order valence-electron chi connectivity index (χ0n) is 15.9. The van der Waals surface area contributed by atoms with Crippen LogP contribution in [0.2, 0.25) is 5.15 Å². The Morgan fingerprint density at radius 2 is 1.93 bits per heavy atom. The average Bonchev–Trinajstić information content (AvgIpc) is 2.95. The molecule has 0 saturated carbocycles. The lowest BCUT2D eigenvalue weighted by atomic mass is 10.2. The molecule has 1 N–H and O–H groups in total. The fourth-order valence-corrected chi connectivity index (χ4v) is 3.04. The molecule has 1 amide bonds. The van der Waals surface area contributed by atoms with Gasteiger partial charge in [-0.05, 0) is 37.6 Å². The van der Waals surface area contributed by atoms with Crippen LogP contribution in [0.15, 0.2) is 54.6 Å². The van der Waals surface area contributed by atoms with Crippen LogP contribution in [0.25, 0.3) is 0 Å². The first-order valence-electron chi connectivity index (χ1n) is 8.89. The van der Waals surface area contributed by atoms with Crippen molar-refractivity contribution in [3.05, 3.63) is 82.4 Å². The molecule has 0 aliphatic carbocycles. The predicted molar refractivity (Wildman–Crippen MR) is 107 cm³/mol. The summed E-state index contributed by atoms with van der Waals surface area (Å²) < 4.78 is 20.0. The van der Waals surface area contributed by atoms with Gasteiger partial charge in [-0.3, -0.25) is 4.79 Å². The van der Waals surface area contributed by atoms with Crippen LogP contribution >= 0.6 is 11.6 Å². The molecule has 8 heteroatoms. The molecular formula is C21H19ClFN3O3. The van der Waals surface area contributed by atoms with E-state index in [9.17, 15) is 14.0 Å². The Bertz CT molecular complexity index is 1040. The van der Waals surface area contributed by atoms with Gasteiger partial charge in [-0.25, -0.2) is 13.9 Å². The lowest BCUT2D eigenvalue weighted by Crippen LogP contribution is -2.30. The quantitative estimate of drug-likeness (QED) is 0.612. The van der Waals surface area contributed by atoms with Gasteiger partial charge in [0.1, 0.15) is 16.5 Å². The van der Waals surface area contributed by atoms with Gasteiger partial charge in [0, 0.05) is 5.69 Å². The number of ether oxygens (including phenoxy) is 1. The van der Waals surface area contributed by atoms with Gasteiger partial charge in [0.05, 0.1) is 12.2 Å². The standard InChI is InChI=1S/C21H19ClFN3O3/c1-13-18(19(22)26(25-13)12-15-7-4-3-5-8-15)21(28)29-14(2)20(27)24-17-10-6-9-16(23)11-17/h3-11,14H,12H2,1-2H3,(H,24,27)/t14-/m0/s1. The van der Waals surface area contributed by atoms with Crippen molar-refractivity contribution in [1.29, 1.82) is 0 Å². The summed E-state index contributed by atoms with van der Waals surface area (Å²) in [7, 11) is 0. The first kappa shape index (κ1) is 20.5. The minimum Gasteiger partial charge on any atom is -0.449 e. The monoisotopic (exact) mass is 415 g/mol. The van der Waals surface area contributed by atoms with E-state index in [4.69, 9.17) is 16.3 Å². The van der Waals surface area contributed by atoms with Crippen molar-refractivity contribution in [1.82, 2.24) is 9.78 Å². The number of amides is 1. The van der Waals surface area contributed by atoms with Crippen molar-refractivity contribution in [3.8, 4) is 0 Å². The highest BCUT2D eigenvalue weighted by atomic mass is 35.5. The lowest BCUT2D eigenvalue weighted by Gasteiger charge is -2.13. The summed E-state index contributed by atoms with van der Waals surface area (Å²) in [5, 5.41) is 6.93. The van der Waals surface area contributed by atoms with E-state index in [-0.39, 0.29) is 16.4 Å². The number of aryl methyl sites for hydroxylation is 1. The van der Waals surface area contributed by atoms with Crippen molar-refractivity contribution in [3.63, 3.8) is 0 Å². The number of anilines is 1. The van der Waals surface area contributed by atoms with E-state index in [1.807, 2.05) is 30.3 Å². The van der Waals surface area contributed by atoms with Crippen molar-refractivity contribution < 1.29 is 18.7 Å². The van der Waals surface area contributed by atoms with E-state index in [2.05, 4.69) is 10.4 Å². The Hall–Kier alpha value is -3.19. The fraction of sp³-hybridized carbons (Fsp3) is 0.190. The zero-order valence-corrected chi connectivity index (χ0v) is 16.6. The summed E-state index contributed by atoms with van der Waals surface area (Å²) >= 11 is 6.34. The van der Waals surface area contributed by atoms with Crippen LogP contribution in [0.1, 0.15) is 28.5 Å². The molecule has 0 radical (unpaired) electrons. The third-order valence-electron chi connectivity index (χ3n) is 4.19. The van der Waals surface area contributed by atoms with Crippen molar-refractivity contribution in [2.75, 3.05) is 5.32 Å². The smallest absolute Gasteiger partial charge is 0.343 e. The van der Waals surface area contributed by atoms with Crippen molar-refractivity contribution in [2.24, 2.45) is 0 Å². The van der Waals surface area contributed by atoms with Crippen LogP contribution in [0.3, 0.4) is 0 Å². The number of benzene rings is 2. The van der Waals surface area contributed by atoms with Crippen molar-refractivity contribution >= 4 is 29.2 Å². The Labute approximate surface area is 172 Å². The van der Waals surface area contributed by atoms with Gasteiger partial charge in [-0.1, -0.05) is 48.0 Å². The molecule has 0 fully saturated rings. The third-order valence-corrected chi connectivity index (χ3v) is 4.57. The predicted octanol–water partition coefficient (Wildman–Crippen LogP) is 4.22. The first-order valence-corrected chi connectivity index (χ1v) is 9.27. The number of rotatable bonds is 6. The van der Waals surface area contributed by atoms with Crippen LogP contribution in [0.5, 0.6) is 0 Å². The number of esters is 1. The molecule has 3 aromatic rings. The summed E-state index contributed by atoms with van der Waals surface area (Å²) in [4.78, 5) is 24.8. The van der Waals surface area contributed by atoms with Crippen LogP contribution in [-0.4, -0.2) is 27.8 Å². The number of nitrogens with zero attached hydrogens (tertiary/aromatic N) is 2. The molecule has 0 bridgehead atoms. The Morgan fingerprint density at radius 1 is 1.21 bits per heavy atom. The molecule has 1 atom stereocenters. The summed E-state index contributed by atoms with van der Waals surface area (Å²) in [5.41, 5.74) is 1.74.